The number of rotatable bonds is 74. The van der Waals surface area contributed by atoms with Gasteiger partial charge in [-0.15, -0.1) is 24.3 Å². The van der Waals surface area contributed by atoms with Gasteiger partial charge in [-0.1, -0.05) is 17.8 Å². The van der Waals surface area contributed by atoms with Crippen LogP contribution in [0.2, 0.25) is 0 Å². The van der Waals surface area contributed by atoms with Crippen molar-refractivity contribution in [1.82, 2.24) is 26.3 Å². The molecular weight excluding hydrogens is 1290 g/mol. The highest BCUT2D eigenvalue weighted by atomic mass is 16.7. The van der Waals surface area contributed by atoms with Crippen molar-refractivity contribution in [3.63, 3.8) is 0 Å². The number of hydroxylamine groups is 2. The molecule has 1 aliphatic rings. The maximum Gasteiger partial charge on any atom is 0.335 e. The van der Waals surface area contributed by atoms with E-state index in [-0.39, 0.29) is 228 Å². The van der Waals surface area contributed by atoms with E-state index in [9.17, 15) is 33.6 Å². The standard InChI is InChI=1S/C64H107N5O28/c1-4-17-77-28-36-85-44-49-90-41-33-82-25-14-65-57(70)9-21-94-54-64(55-95-22-10-58(71)66-15-26-83-34-42-91-50-45-86-37-29-78-18-5-2,56-96-23-11-59(72)67-16-27-84-35-43-92-51-46-87-38-30-79-19-6-3)68-60(73)12-20-80-31-39-88-47-52-93-53-48-89-40-32-81-24-13-63(76)97-69-61(74)7-8-62(69)75/h1-3H,7-56H2,(H,65,70)(H,66,71)(H,67,72)(H,68,73). The largest absolute Gasteiger partial charge is 0.379 e. The molecule has 33 heteroatoms. The van der Waals surface area contributed by atoms with Crippen molar-refractivity contribution in [3.05, 3.63) is 0 Å². The fourth-order valence-corrected chi connectivity index (χ4v) is 7.42. The van der Waals surface area contributed by atoms with Gasteiger partial charge < -0.3 is 121 Å². The van der Waals surface area contributed by atoms with E-state index < -0.39 is 29.2 Å². The first-order chi connectivity index (χ1) is 47.6. The first-order valence-electron chi connectivity index (χ1n) is 32.6. The topological polar surface area (TPSA) is 365 Å². The average Bonchev–Trinajstić information content (AvgIpc) is 1.90. The molecule has 0 atom stereocenters. The molecule has 1 rings (SSSR count). The zero-order valence-corrected chi connectivity index (χ0v) is 56.5. The van der Waals surface area contributed by atoms with E-state index in [2.05, 4.69) is 39.0 Å². The molecule has 1 aliphatic heterocycles. The van der Waals surface area contributed by atoms with Gasteiger partial charge in [-0.2, -0.15) is 0 Å². The summed E-state index contributed by atoms with van der Waals surface area (Å²) in [6.07, 6.45) is 15.1. The highest BCUT2D eigenvalue weighted by Gasteiger charge is 2.35. The third kappa shape index (κ3) is 60.1. The number of amides is 6. The summed E-state index contributed by atoms with van der Waals surface area (Å²) in [5.41, 5.74) is -1.38. The first kappa shape index (κ1) is 89.4. The predicted octanol–water partition coefficient (Wildman–Crippen LogP) is -2.02. The van der Waals surface area contributed by atoms with Crippen LogP contribution in [0, 0.1) is 37.0 Å². The predicted molar refractivity (Wildman–Crippen MR) is 343 cm³/mol. The van der Waals surface area contributed by atoms with Gasteiger partial charge in [-0.25, -0.2) is 4.79 Å². The van der Waals surface area contributed by atoms with Gasteiger partial charge in [0.05, 0.1) is 251 Å². The van der Waals surface area contributed by atoms with Gasteiger partial charge >= 0.3 is 5.97 Å². The van der Waals surface area contributed by atoms with Gasteiger partial charge in [0.2, 0.25) is 23.6 Å². The van der Waals surface area contributed by atoms with Crippen LogP contribution in [0.4, 0.5) is 0 Å². The molecule has 0 radical (unpaired) electrons. The molecule has 33 nitrogen and oxygen atoms in total. The Hall–Kier alpha value is -5.63. The highest BCUT2D eigenvalue weighted by Crippen LogP contribution is 2.13. The van der Waals surface area contributed by atoms with Crippen LogP contribution in [0.3, 0.4) is 0 Å². The molecule has 6 amide bonds. The maximum atomic E-state index is 13.7. The molecule has 0 spiro atoms. The Morgan fingerprint density at radius 2 is 0.536 bits per heavy atom. The van der Waals surface area contributed by atoms with Gasteiger partial charge in [-0.3, -0.25) is 28.8 Å². The summed E-state index contributed by atoms with van der Waals surface area (Å²) in [6.45, 7) is 10.0. The molecule has 0 aliphatic carbocycles. The number of ether oxygens (including phenoxy) is 20. The fraction of sp³-hybridized carbons (Fsp3) is 0.797. The number of hydrogen-bond acceptors (Lipinski definition) is 28. The van der Waals surface area contributed by atoms with Crippen LogP contribution in [0.1, 0.15) is 44.9 Å². The van der Waals surface area contributed by atoms with E-state index in [1.54, 1.807) is 0 Å². The van der Waals surface area contributed by atoms with Crippen LogP contribution >= 0.6 is 0 Å². The number of nitrogens with zero attached hydrogens (tertiary/aromatic N) is 1. The Labute approximate surface area is 570 Å². The molecule has 97 heavy (non-hydrogen) atoms. The van der Waals surface area contributed by atoms with Gasteiger partial charge in [0.15, 0.2) is 0 Å². The summed E-state index contributed by atoms with van der Waals surface area (Å²) < 4.78 is 110. The summed E-state index contributed by atoms with van der Waals surface area (Å²) >= 11 is 0. The minimum atomic E-state index is -1.38. The van der Waals surface area contributed by atoms with E-state index >= 15 is 0 Å². The summed E-state index contributed by atoms with van der Waals surface area (Å²) in [6, 6.07) is 0. The maximum absolute atomic E-state index is 13.7. The van der Waals surface area contributed by atoms with Crippen molar-refractivity contribution in [2.45, 2.75) is 50.5 Å². The van der Waals surface area contributed by atoms with Crippen molar-refractivity contribution in [1.29, 1.82) is 0 Å². The fourth-order valence-electron chi connectivity index (χ4n) is 7.42. The second-order valence-electron chi connectivity index (χ2n) is 20.2. The quantitative estimate of drug-likeness (QED) is 0.0290. The Bertz CT molecular complexity index is 1950. The molecule has 0 saturated carbocycles. The Morgan fingerprint density at radius 1 is 0.309 bits per heavy atom. The lowest BCUT2D eigenvalue weighted by atomic mass is 10.0. The average molecular weight is 1390 g/mol. The summed E-state index contributed by atoms with van der Waals surface area (Å²) in [7, 11) is 0. The smallest absolute Gasteiger partial charge is 0.335 e. The number of imide groups is 1. The third-order valence-electron chi connectivity index (χ3n) is 12.2. The van der Waals surface area contributed by atoms with Crippen molar-refractivity contribution in [2.24, 2.45) is 0 Å². The van der Waals surface area contributed by atoms with E-state index in [4.69, 9.17) is 119 Å². The van der Waals surface area contributed by atoms with Gasteiger partial charge in [0.1, 0.15) is 25.4 Å². The molecule has 0 aromatic rings. The van der Waals surface area contributed by atoms with E-state index in [1.165, 1.54) is 0 Å². The zero-order valence-electron chi connectivity index (χ0n) is 56.5. The second-order valence-corrected chi connectivity index (χ2v) is 20.2. The minimum absolute atomic E-state index is 0.0132. The van der Waals surface area contributed by atoms with Crippen molar-refractivity contribution < 1.29 is 133 Å². The lowest BCUT2D eigenvalue weighted by molar-refractivity contribution is -0.198. The zero-order chi connectivity index (χ0) is 70.3. The normalized spacial score (nSPS) is 12.2. The lowest BCUT2D eigenvalue weighted by Crippen LogP contribution is -2.59. The molecule has 0 aromatic carbocycles. The number of nitrogens with one attached hydrogen (secondary N) is 4. The molecule has 1 saturated heterocycles. The first-order valence-corrected chi connectivity index (χ1v) is 32.6. The Kier molecular flexibility index (Phi) is 63.5. The monoisotopic (exact) mass is 1390 g/mol. The van der Waals surface area contributed by atoms with Crippen LogP contribution < -0.4 is 21.3 Å². The van der Waals surface area contributed by atoms with Gasteiger partial charge in [0.25, 0.3) is 11.8 Å². The van der Waals surface area contributed by atoms with Crippen molar-refractivity contribution in [3.8, 4) is 37.0 Å². The highest BCUT2D eigenvalue weighted by molar-refractivity contribution is 6.01. The third-order valence-corrected chi connectivity index (χ3v) is 12.2. The molecule has 556 valence electrons. The van der Waals surface area contributed by atoms with Gasteiger partial charge in [-0.05, 0) is 0 Å². The van der Waals surface area contributed by atoms with Crippen LogP contribution in [-0.4, -0.2) is 336 Å². The van der Waals surface area contributed by atoms with Crippen LogP contribution in [0.15, 0.2) is 0 Å². The van der Waals surface area contributed by atoms with Crippen molar-refractivity contribution in [2.75, 3.05) is 284 Å². The molecule has 0 aromatic heterocycles. The minimum Gasteiger partial charge on any atom is -0.379 e. The SMILES string of the molecule is C#CCOCCOCCOCCOCCNC(=O)CCOCC(COCCC(=O)NCCOCCOCCOCCOCC#C)(COCCC(=O)NCCOCCOCCOCCOCC#C)NC(=O)CCOCCOCCOCCOCCOCCC(=O)ON1C(=O)CCC1=O. The second kappa shape index (κ2) is 68.9. The van der Waals surface area contributed by atoms with Gasteiger partial charge in [0, 0.05) is 58.2 Å². The Morgan fingerprint density at radius 3 is 0.814 bits per heavy atom. The number of carbonyl (C=O) groups is 7. The summed E-state index contributed by atoms with van der Waals surface area (Å²) in [5.74, 6) is 3.91. The molecular formula is C64H107N5O28. The lowest BCUT2D eigenvalue weighted by Gasteiger charge is -2.34. The molecule has 1 fully saturated rings. The number of carbonyl (C=O) groups excluding carboxylic acids is 7. The Balaban J connectivity index is 2.74. The molecule has 4 N–H and O–H groups in total. The van der Waals surface area contributed by atoms with Crippen LogP contribution in [0.5, 0.6) is 0 Å². The number of terminal acetylenes is 3. The van der Waals surface area contributed by atoms with Crippen LogP contribution in [-0.2, 0) is 133 Å². The van der Waals surface area contributed by atoms with Crippen molar-refractivity contribution >= 4 is 41.4 Å². The summed E-state index contributed by atoms with van der Waals surface area (Å²) in [5, 5.41) is 11.8. The van der Waals surface area contributed by atoms with Crippen LogP contribution in [0.25, 0.3) is 0 Å². The molecule has 0 bridgehead atoms. The van der Waals surface area contributed by atoms with E-state index in [0.29, 0.717) is 124 Å². The van der Waals surface area contributed by atoms with E-state index in [0.717, 1.165) is 0 Å². The summed E-state index contributed by atoms with van der Waals surface area (Å²) in [4.78, 5) is 92.0. The number of hydrogen-bond donors (Lipinski definition) is 4. The molecule has 0 unspecified atom stereocenters. The molecule has 1 heterocycles. The van der Waals surface area contributed by atoms with E-state index in [1.807, 2.05) is 0 Å².